The standard InChI is InChI=1S/C8H11BrN2O3S2/c1-15(12)3-2-11-16(13,14)8-4-7(9)5-10-6-8/h4-6,11H,2-3H2,1H3/t15-/m0/s1. The Hall–Kier alpha value is -0.310. The van der Waals surface area contributed by atoms with Crippen LogP contribution in [-0.2, 0) is 20.8 Å². The molecule has 0 spiro atoms. The SMILES string of the molecule is C[S@](=O)CCNS(=O)(=O)c1cncc(Br)c1. The molecule has 1 atom stereocenters. The minimum Gasteiger partial charge on any atom is -0.262 e. The van der Waals surface area contributed by atoms with E-state index in [0.717, 1.165) is 0 Å². The molecule has 0 saturated heterocycles. The van der Waals surface area contributed by atoms with Gasteiger partial charge in [0, 0.05) is 46.2 Å². The van der Waals surface area contributed by atoms with Crippen LogP contribution in [0, 0.1) is 0 Å². The lowest BCUT2D eigenvalue weighted by molar-refractivity contribution is 0.583. The largest absolute Gasteiger partial charge is 0.262 e. The van der Waals surface area contributed by atoms with Gasteiger partial charge in [-0.3, -0.25) is 9.19 Å². The van der Waals surface area contributed by atoms with Crippen molar-refractivity contribution in [3.8, 4) is 0 Å². The van der Waals surface area contributed by atoms with E-state index in [4.69, 9.17) is 0 Å². The van der Waals surface area contributed by atoms with E-state index >= 15 is 0 Å². The van der Waals surface area contributed by atoms with Gasteiger partial charge in [-0.15, -0.1) is 0 Å². The summed E-state index contributed by atoms with van der Waals surface area (Å²) in [5, 5.41) is 0. The van der Waals surface area contributed by atoms with Gasteiger partial charge in [-0.2, -0.15) is 0 Å². The molecule has 16 heavy (non-hydrogen) atoms. The van der Waals surface area contributed by atoms with Crippen LogP contribution in [0.5, 0.6) is 0 Å². The van der Waals surface area contributed by atoms with Gasteiger partial charge in [-0.25, -0.2) is 13.1 Å². The quantitative estimate of drug-likeness (QED) is 0.854. The fourth-order valence-corrected chi connectivity index (χ4v) is 3.00. The second-order valence-electron chi connectivity index (χ2n) is 3.01. The average molecular weight is 327 g/mol. The molecule has 0 fully saturated rings. The lowest BCUT2D eigenvalue weighted by Crippen LogP contribution is -2.27. The molecule has 0 aromatic carbocycles. The summed E-state index contributed by atoms with van der Waals surface area (Å²) < 4.78 is 37.1. The van der Waals surface area contributed by atoms with E-state index in [1.807, 2.05) is 0 Å². The Balaban J connectivity index is 2.74. The molecule has 1 aromatic heterocycles. The maximum Gasteiger partial charge on any atom is 0.242 e. The molecule has 8 heteroatoms. The Morgan fingerprint density at radius 1 is 1.50 bits per heavy atom. The highest BCUT2D eigenvalue weighted by molar-refractivity contribution is 9.10. The zero-order chi connectivity index (χ0) is 12.2. The van der Waals surface area contributed by atoms with Crippen molar-refractivity contribution < 1.29 is 12.6 Å². The van der Waals surface area contributed by atoms with Crippen LogP contribution in [0.25, 0.3) is 0 Å². The number of hydrogen-bond acceptors (Lipinski definition) is 4. The van der Waals surface area contributed by atoms with E-state index in [9.17, 15) is 12.6 Å². The Bertz CT molecular complexity index is 490. The summed E-state index contributed by atoms with van der Waals surface area (Å²) in [6.45, 7) is 0.151. The predicted molar refractivity (Wildman–Crippen MR) is 66.1 cm³/mol. The van der Waals surface area contributed by atoms with Gasteiger partial charge in [0.15, 0.2) is 0 Å². The number of aromatic nitrogens is 1. The van der Waals surface area contributed by atoms with Crippen LogP contribution in [0.15, 0.2) is 27.8 Å². The molecule has 1 rings (SSSR count). The van der Waals surface area contributed by atoms with Crippen molar-refractivity contribution >= 4 is 36.8 Å². The van der Waals surface area contributed by atoms with Crippen molar-refractivity contribution in [2.24, 2.45) is 0 Å². The molecular formula is C8H11BrN2O3S2. The zero-order valence-corrected chi connectivity index (χ0v) is 11.7. The van der Waals surface area contributed by atoms with Crippen LogP contribution in [0.3, 0.4) is 0 Å². The fraction of sp³-hybridized carbons (Fsp3) is 0.375. The highest BCUT2D eigenvalue weighted by Crippen LogP contribution is 2.13. The van der Waals surface area contributed by atoms with E-state index in [1.54, 1.807) is 0 Å². The van der Waals surface area contributed by atoms with E-state index in [1.165, 1.54) is 24.7 Å². The maximum absolute atomic E-state index is 11.7. The van der Waals surface area contributed by atoms with Gasteiger partial charge in [-0.05, 0) is 22.0 Å². The lowest BCUT2D eigenvalue weighted by Gasteiger charge is -2.05. The van der Waals surface area contributed by atoms with Crippen LogP contribution in [0.4, 0.5) is 0 Å². The number of nitrogens with zero attached hydrogens (tertiary/aromatic N) is 1. The van der Waals surface area contributed by atoms with Gasteiger partial charge in [0.25, 0.3) is 0 Å². The average Bonchev–Trinajstić information content (AvgIpc) is 2.16. The van der Waals surface area contributed by atoms with Gasteiger partial charge in [0.05, 0.1) is 0 Å². The highest BCUT2D eigenvalue weighted by atomic mass is 79.9. The smallest absolute Gasteiger partial charge is 0.242 e. The van der Waals surface area contributed by atoms with Crippen molar-refractivity contribution in [1.82, 2.24) is 9.71 Å². The summed E-state index contributed by atoms with van der Waals surface area (Å²) in [5.74, 6) is 0.292. The Kier molecular flexibility index (Phi) is 5.03. The molecule has 1 aromatic rings. The molecule has 1 heterocycles. The van der Waals surface area contributed by atoms with Crippen LogP contribution in [0.1, 0.15) is 0 Å². The maximum atomic E-state index is 11.7. The van der Waals surface area contributed by atoms with E-state index in [0.29, 0.717) is 10.2 Å². The van der Waals surface area contributed by atoms with Gasteiger partial charge in [0.2, 0.25) is 10.0 Å². The molecule has 0 radical (unpaired) electrons. The molecule has 0 aliphatic rings. The predicted octanol–water partition coefficient (Wildman–Crippen LogP) is 0.501. The van der Waals surface area contributed by atoms with Crippen LogP contribution >= 0.6 is 15.9 Å². The van der Waals surface area contributed by atoms with Crippen molar-refractivity contribution in [2.75, 3.05) is 18.6 Å². The first-order valence-corrected chi connectivity index (χ1v) is 8.32. The first kappa shape index (κ1) is 13.8. The number of halogens is 1. The van der Waals surface area contributed by atoms with Crippen molar-refractivity contribution in [3.63, 3.8) is 0 Å². The van der Waals surface area contributed by atoms with Crippen LogP contribution < -0.4 is 4.72 Å². The molecule has 0 aliphatic heterocycles. The zero-order valence-electron chi connectivity index (χ0n) is 8.51. The van der Waals surface area contributed by atoms with Crippen molar-refractivity contribution in [1.29, 1.82) is 0 Å². The molecular weight excluding hydrogens is 316 g/mol. The third kappa shape index (κ3) is 4.28. The third-order valence-corrected chi connectivity index (χ3v) is 4.31. The molecule has 0 saturated carbocycles. The minimum absolute atomic E-state index is 0.0868. The number of pyridine rings is 1. The van der Waals surface area contributed by atoms with Gasteiger partial charge >= 0.3 is 0 Å². The van der Waals surface area contributed by atoms with Gasteiger partial charge in [0.1, 0.15) is 4.90 Å². The Labute approximate surface area is 105 Å². The summed E-state index contributed by atoms with van der Waals surface area (Å²) in [6.07, 6.45) is 4.28. The summed E-state index contributed by atoms with van der Waals surface area (Å²) in [4.78, 5) is 3.85. The van der Waals surface area contributed by atoms with Crippen molar-refractivity contribution in [2.45, 2.75) is 4.90 Å². The Morgan fingerprint density at radius 2 is 2.19 bits per heavy atom. The first-order valence-electron chi connectivity index (χ1n) is 4.32. The summed E-state index contributed by atoms with van der Waals surface area (Å²) in [5.41, 5.74) is 0. The second-order valence-corrected chi connectivity index (χ2v) is 7.25. The normalized spacial score (nSPS) is 13.6. The third-order valence-electron chi connectivity index (χ3n) is 1.67. The minimum atomic E-state index is -3.56. The molecule has 0 amide bonds. The van der Waals surface area contributed by atoms with Crippen LogP contribution in [-0.4, -0.2) is 36.2 Å². The van der Waals surface area contributed by atoms with Crippen LogP contribution in [0.2, 0.25) is 0 Å². The fourth-order valence-electron chi connectivity index (χ4n) is 0.942. The van der Waals surface area contributed by atoms with E-state index in [-0.39, 0.29) is 11.4 Å². The van der Waals surface area contributed by atoms with Crippen molar-refractivity contribution in [3.05, 3.63) is 22.9 Å². The van der Waals surface area contributed by atoms with E-state index in [2.05, 4.69) is 25.6 Å². The molecule has 90 valence electrons. The Morgan fingerprint density at radius 3 is 2.75 bits per heavy atom. The number of nitrogens with one attached hydrogen (secondary N) is 1. The topological polar surface area (TPSA) is 76.1 Å². The molecule has 0 bridgehead atoms. The number of hydrogen-bond donors (Lipinski definition) is 1. The van der Waals surface area contributed by atoms with Gasteiger partial charge < -0.3 is 0 Å². The monoisotopic (exact) mass is 326 g/mol. The number of rotatable bonds is 5. The molecule has 1 N–H and O–H groups in total. The first-order chi connectivity index (χ1) is 7.42. The lowest BCUT2D eigenvalue weighted by atomic mass is 10.5. The molecule has 5 nitrogen and oxygen atoms in total. The summed E-state index contributed by atoms with van der Waals surface area (Å²) in [7, 11) is -4.57. The van der Waals surface area contributed by atoms with E-state index < -0.39 is 20.8 Å². The summed E-state index contributed by atoms with van der Waals surface area (Å²) in [6, 6.07) is 1.46. The summed E-state index contributed by atoms with van der Waals surface area (Å²) >= 11 is 3.14. The van der Waals surface area contributed by atoms with Gasteiger partial charge in [-0.1, -0.05) is 0 Å². The second kappa shape index (κ2) is 5.85. The number of sulfonamides is 1. The molecule has 0 aliphatic carbocycles. The molecule has 0 unspecified atom stereocenters. The highest BCUT2D eigenvalue weighted by Gasteiger charge is 2.14.